The zero-order valence-corrected chi connectivity index (χ0v) is 8.47. The highest BCUT2D eigenvalue weighted by Crippen LogP contribution is 2.24. The van der Waals surface area contributed by atoms with Crippen LogP contribution in [0.2, 0.25) is 0 Å². The number of hydrogen-bond acceptors (Lipinski definition) is 5. The van der Waals surface area contributed by atoms with Crippen molar-refractivity contribution in [1.82, 2.24) is 4.37 Å². The highest BCUT2D eigenvalue weighted by molar-refractivity contribution is 7.92. The normalized spacial score (nSPS) is 26.0. The van der Waals surface area contributed by atoms with Crippen LogP contribution in [-0.4, -0.2) is 24.0 Å². The van der Waals surface area contributed by atoms with Gasteiger partial charge in [-0.25, -0.2) is 8.42 Å². The van der Waals surface area contributed by atoms with Crippen LogP contribution in [-0.2, 0) is 9.84 Å². The van der Waals surface area contributed by atoms with Gasteiger partial charge in [-0.3, -0.25) is 0 Å². The zero-order valence-electron chi connectivity index (χ0n) is 6.84. The van der Waals surface area contributed by atoms with E-state index >= 15 is 0 Å². The van der Waals surface area contributed by atoms with Crippen molar-refractivity contribution in [2.24, 2.45) is 0 Å². The van der Waals surface area contributed by atoms with E-state index in [1.54, 1.807) is 11.6 Å². The molecule has 1 aliphatic heterocycles. The number of hydrogen-bond donors (Lipinski definition) is 0. The number of rotatable bonds is 2. The van der Waals surface area contributed by atoms with E-state index in [4.69, 9.17) is 4.74 Å². The molecule has 0 aliphatic carbocycles. The molecule has 0 amide bonds. The molecule has 1 atom stereocenters. The average molecular weight is 219 g/mol. The smallest absolute Gasteiger partial charge is 0.199 e. The van der Waals surface area contributed by atoms with Crippen LogP contribution in [0, 0.1) is 0 Å². The lowest BCUT2D eigenvalue weighted by molar-refractivity contribution is 0.273. The molecule has 0 aromatic carbocycles. The summed E-state index contributed by atoms with van der Waals surface area (Å²) < 4.78 is 31.8. The Balaban J connectivity index is 2.11. The van der Waals surface area contributed by atoms with Crippen molar-refractivity contribution in [1.29, 1.82) is 0 Å². The van der Waals surface area contributed by atoms with E-state index in [1.807, 2.05) is 0 Å². The Morgan fingerprint density at radius 1 is 1.62 bits per heavy atom. The summed E-state index contributed by atoms with van der Waals surface area (Å²) in [5.41, 5.74) is -0.649. The number of ether oxygens (including phenoxy) is 1. The molecule has 1 unspecified atom stereocenters. The third kappa shape index (κ3) is 1.83. The first-order valence-electron chi connectivity index (χ1n) is 3.96. The first-order valence-corrected chi connectivity index (χ1v) is 6.51. The Morgan fingerprint density at radius 2 is 2.46 bits per heavy atom. The highest BCUT2D eigenvalue weighted by Gasteiger charge is 2.33. The molecule has 0 radical (unpaired) electrons. The first-order chi connectivity index (χ1) is 6.18. The van der Waals surface area contributed by atoms with Gasteiger partial charge in [0.1, 0.15) is 0 Å². The molecular formula is C7H9NO3S2. The molecule has 13 heavy (non-hydrogen) atoms. The van der Waals surface area contributed by atoms with Crippen molar-refractivity contribution in [2.45, 2.75) is 18.3 Å². The maximum absolute atomic E-state index is 11.3. The van der Waals surface area contributed by atoms with E-state index in [0.29, 0.717) is 18.6 Å². The van der Waals surface area contributed by atoms with E-state index < -0.39 is 15.3 Å². The summed E-state index contributed by atoms with van der Waals surface area (Å²) >= 11 is 1.25. The van der Waals surface area contributed by atoms with Gasteiger partial charge in [0.25, 0.3) is 0 Å². The maximum atomic E-state index is 11.3. The molecule has 1 aromatic heterocycles. The molecule has 72 valence electrons. The van der Waals surface area contributed by atoms with Gasteiger partial charge in [0.05, 0.1) is 17.3 Å². The van der Waals surface area contributed by atoms with Crippen LogP contribution < -0.4 is 4.74 Å². The van der Waals surface area contributed by atoms with Crippen LogP contribution in [0.4, 0.5) is 0 Å². The van der Waals surface area contributed by atoms with Crippen LogP contribution in [0.5, 0.6) is 5.75 Å². The van der Waals surface area contributed by atoms with Gasteiger partial charge in [-0.1, -0.05) is 0 Å². The predicted molar refractivity (Wildman–Crippen MR) is 49.6 cm³/mol. The lowest BCUT2D eigenvalue weighted by Gasteiger charge is -2.09. The van der Waals surface area contributed by atoms with Gasteiger partial charge < -0.3 is 4.74 Å². The molecule has 6 heteroatoms. The number of sulfone groups is 1. The topological polar surface area (TPSA) is 56.3 Å². The molecule has 0 bridgehead atoms. The van der Waals surface area contributed by atoms with Crippen molar-refractivity contribution in [3.8, 4) is 5.75 Å². The van der Waals surface area contributed by atoms with Gasteiger partial charge in [-0.05, 0) is 24.4 Å². The quantitative estimate of drug-likeness (QED) is 0.746. The molecule has 0 saturated carbocycles. The molecule has 1 fully saturated rings. The number of aromatic nitrogens is 1. The summed E-state index contributed by atoms with van der Waals surface area (Å²) in [6.07, 6.45) is 2.83. The van der Waals surface area contributed by atoms with Gasteiger partial charge in [-0.15, -0.1) is 0 Å². The van der Waals surface area contributed by atoms with Crippen LogP contribution in [0.1, 0.15) is 12.8 Å². The summed E-state index contributed by atoms with van der Waals surface area (Å²) in [7, 11) is -3.01. The van der Waals surface area contributed by atoms with Crippen LogP contribution in [0.3, 0.4) is 0 Å². The molecular weight excluding hydrogens is 210 g/mol. The second-order valence-corrected chi connectivity index (χ2v) is 5.83. The Hall–Kier alpha value is -0.620. The van der Waals surface area contributed by atoms with E-state index in [0.717, 1.165) is 0 Å². The van der Waals surface area contributed by atoms with Gasteiger partial charge in [-0.2, -0.15) is 4.37 Å². The van der Waals surface area contributed by atoms with Gasteiger partial charge >= 0.3 is 0 Å². The molecule has 2 rings (SSSR count). The minimum Gasteiger partial charge on any atom is -0.472 e. The highest BCUT2D eigenvalue weighted by atomic mass is 32.2. The van der Waals surface area contributed by atoms with Crippen molar-refractivity contribution < 1.29 is 13.2 Å². The van der Waals surface area contributed by atoms with E-state index in [1.165, 1.54) is 11.5 Å². The average Bonchev–Trinajstić information content (AvgIpc) is 2.63. The summed E-state index contributed by atoms with van der Waals surface area (Å²) in [6, 6.07) is 0. The monoisotopic (exact) mass is 219 g/mol. The summed E-state index contributed by atoms with van der Waals surface area (Å²) in [5, 5.41) is 1.70. The Bertz CT molecular complexity index is 370. The molecule has 1 saturated heterocycles. The van der Waals surface area contributed by atoms with Crippen molar-refractivity contribution in [2.75, 3.05) is 5.75 Å². The molecule has 1 aliphatic rings. The first kappa shape index (κ1) is 8.96. The Kier molecular flexibility index (Phi) is 2.25. The molecule has 0 spiro atoms. The fraction of sp³-hybridized carbons (Fsp3) is 0.571. The van der Waals surface area contributed by atoms with Crippen LogP contribution in [0.15, 0.2) is 11.6 Å². The second kappa shape index (κ2) is 3.26. The third-order valence-corrected chi connectivity index (χ3v) is 4.50. The number of nitrogens with zero attached hydrogens (tertiary/aromatic N) is 1. The van der Waals surface area contributed by atoms with Crippen molar-refractivity contribution in [3.63, 3.8) is 0 Å². The molecule has 0 N–H and O–H groups in total. The SMILES string of the molecule is O=S1(=O)CCCC1Oc1cnsc1. The standard InChI is InChI=1S/C7H9NO3S2/c9-13(10)3-1-2-7(13)11-6-4-8-12-5-6/h4-5,7H,1-3H2. The van der Waals surface area contributed by atoms with Gasteiger partial charge in [0, 0.05) is 0 Å². The molecule has 1 aromatic rings. The van der Waals surface area contributed by atoms with E-state index in [9.17, 15) is 8.42 Å². The Morgan fingerprint density at radius 3 is 3.00 bits per heavy atom. The van der Waals surface area contributed by atoms with Crippen molar-refractivity contribution >= 4 is 21.4 Å². The van der Waals surface area contributed by atoms with Crippen LogP contribution in [0.25, 0.3) is 0 Å². The van der Waals surface area contributed by atoms with Crippen molar-refractivity contribution in [3.05, 3.63) is 11.6 Å². The van der Waals surface area contributed by atoms with Gasteiger partial charge in [0.15, 0.2) is 21.0 Å². The predicted octanol–water partition coefficient (Wildman–Crippen LogP) is 1.06. The lowest BCUT2D eigenvalue weighted by atomic mass is 10.4. The minimum atomic E-state index is -3.01. The fourth-order valence-electron chi connectivity index (χ4n) is 1.30. The fourth-order valence-corrected chi connectivity index (χ4v) is 3.36. The summed E-state index contributed by atoms with van der Waals surface area (Å²) in [4.78, 5) is 0. The maximum Gasteiger partial charge on any atom is 0.199 e. The van der Waals surface area contributed by atoms with E-state index in [2.05, 4.69) is 4.37 Å². The zero-order chi connectivity index (χ0) is 9.31. The van der Waals surface area contributed by atoms with Crippen LogP contribution >= 0.6 is 11.5 Å². The largest absolute Gasteiger partial charge is 0.472 e. The molecule has 2 heterocycles. The minimum absolute atomic E-state index is 0.245. The second-order valence-electron chi connectivity index (χ2n) is 2.92. The summed E-state index contributed by atoms with van der Waals surface area (Å²) in [5.74, 6) is 0.801. The van der Waals surface area contributed by atoms with E-state index in [-0.39, 0.29) is 5.75 Å². The van der Waals surface area contributed by atoms with Gasteiger partial charge in [0.2, 0.25) is 0 Å². The third-order valence-electron chi connectivity index (χ3n) is 1.95. The lowest BCUT2D eigenvalue weighted by Crippen LogP contribution is -2.22. The Labute approximate surface area is 80.6 Å². The molecule has 4 nitrogen and oxygen atoms in total. The summed E-state index contributed by atoms with van der Waals surface area (Å²) in [6.45, 7) is 0.